The molecule has 40 nitrogen and oxygen atoms in total. The second-order valence-corrected chi connectivity index (χ2v) is 27.9. The van der Waals surface area contributed by atoms with Gasteiger partial charge in [-0.1, -0.05) is 55.0 Å². The van der Waals surface area contributed by atoms with E-state index in [1.54, 1.807) is 67.7 Å². The van der Waals surface area contributed by atoms with Crippen LogP contribution in [-0.4, -0.2) is 265 Å². The number of aromatic nitrogens is 3. The maximum absolute atomic E-state index is 15.5. The Labute approximate surface area is 644 Å². The van der Waals surface area contributed by atoms with Gasteiger partial charge in [0.15, 0.2) is 11.9 Å². The highest BCUT2D eigenvalue weighted by Gasteiger charge is 2.45. The number of amides is 12. The summed E-state index contributed by atoms with van der Waals surface area (Å²) in [5, 5.41) is 76.2. The first kappa shape index (κ1) is 87.0. The molecule has 0 radical (unpaired) electrons. The molecule has 3 aliphatic heterocycles. The largest absolute Gasteiger partial charge is 0.481 e. The van der Waals surface area contributed by atoms with Crippen molar-refractivity contribution >= 4 is 112 Å². The quantitative estimate of drug-likeness (QED) is 0.0120. The molecule has 0 aliphatic carbocycles. The smallest absolute Gasteiger partial charge is 0.317 e. The number of carboxylic acid groups (broad SMARTS) is 3. The molecule has 12 amide bonds. The van der Waals surface area contributed by atoms with Gasteiger partial charge in [0.1, 0.15) is 60.4 Å². The summed E-state index contributed by atoms with van der Waals surface area (Å²) in [6.45, 7) is 1.04. The van der Waals surface area contributed by atoms with Crippen LogP contribution in [0.3, 0.4) is 0 Å². The normalized spacial score (nSPS) is 21.0. The van der Waals surface area contributed by atoms with Gasteiger partial charge in [0.05, 0.1) is 31.5 Å². The van der Waals surface area contributed by atoms with E-state index in [9.17, 15) is 68.1 Å². The number of imidazole rings is 1. The van der Waals surface area contributed by atoms with Crippen molar-refractivity contribution in [3.05, 3.63) is 90.1 Å². The number of hydrogen-bond acceptors (Lipinski definition) is 19. The van der Waals surface area contributed by atoms with Gasteiger partial charge < -0.3 is 110 Å². The number of nitrogens with zero attached hydrogens (tertiary/aromatic N) is 4. The van der Waals surface area contributed by atoms with Crippen LogP contribution < -0.4 is 75.3 Å². The van der Waals surface area contributed by atoms with Gasteiger partial charge in [-0.25, -0.2) is 4.98 Å². The zero-order valence-electron chi connectivity index (χ0n) is 62.4. The van der Waals surface area contributed by atoms with Crippen molar-refractivity contribution < 1.29 is 87.2 Å². The summed E-state index contributed by atoms with van der Waals surface area (Å²) in [4.78, 5) is 224. The van der Waals surface area contributed by atoms with E-state index in [2.05, 4.69) is 78.8 Å². The second-order valence-electron chi connectivity index (χ2n) is 27.9. The molecular weight excluding hydrogens is 1460 g/mol. The molecule has 3 saturated heterocycles. The molecule has 40 heteroatoms. The lowest BCUT2D eigenvalue weighted by Crippen LogP contribution is -2.62. The monoisotopic (exact) mass is 1560 g/mol. The van der Waals surface area contributed by atoms with Crippen molar-refractivity contribution in [3.8, 4) is 0 Å². The van der Waals surface area contributed by atoms with Gasteiger partial charge in [0.2, 0.25) is 70.9 Å². The Kier molecular flexibility index (Phi) is 33.6. The number of hydrogen-bond donors (Lipinski definition) is 21. The van der Waals surface area contributed by atoms with Gasteiger partial charge in [-0.05, 0) is 101 Å². The average Bonchev–Trinajstić information content (AvgIpc) is 1.64. The molecule has 7 rings (SSSR count). The summed E-state index contributed by atoms with van der Waals surface area (Å²) < 4.78 is 0. The lowest BCUT2D eigenvalue weighted by Gasteiger charge is -2.34. The minimum Gasteiger partial charge on any atom is -0.481 e. The Morgan fingerprint density at radius 3 is 1.86 bits per heavy atom. The van der Waals surface area contributed by atoms with E-state index in [1.807, 2.05) is 0 Å². The van der Waals surface area contributed by atoms with E-state index in [4.69, 9.17) is 22.3 Å². The Hall–Kier alpha value is -12.3. The fourth-order valence-corrected chi connectivity index (χ4v) is 13.6. The Morgan fingerprint density at radius 2 is 1.21 bits per heavy atom. The van der Waals surface area contributed by atoms with Crippen LogP contribution in [0.1, 0.15) is 121 Å². The molecule has 0 unspecified atom stereocenters. The number of fused-ring (bicyclic) bond motifs is 1. The van der Waals surface area contributed by atoms with Crippen molar-refractivity contribution in [1.82, 2.24) is 93.5 Å². The third kappa shape index (κ3) is 27.7. The van der Waals surface area contributed by atoms with Crippen LogP contribution in [0.5, 0.6) is 0 Å². The minimum absolute atomic E-state index is 0.0209. The van der Waals surface area contributed by atoms with E-state index in [1.165, 1.54) is 27.2 Å². The van der Waals surface area contributed by atoms with E-state index in [0.29, 0.717) is 40.6 Å². The third-order valence-corrected chi connectivity index (χ3v) is 19.1. The summed E-state index contributed by atoms with van der Waals surface area (Å²) in [7, 11) is 0. The van der Waals surface area contributed by atoms with E-state index < -0.39 is 206 Å². The number of guanidine groups is 2. The highest BCUT2D eigenvalue weighted by atomic mass is 16.4. The molecule has 3 aliphatic rings. The van der Waals surface area contributed by atoms with Crippen molar-refractivity contribution in [2.24, 2.45) is 11.5 Å². The molecule has 0 spiro atoms. The van der Waals surface area contributed by atoms with Crippen LogP contribution in [-0.2, 0) is 91.2 Å². The number of carbonyl (C=O) groups excluding carboxylic acids is 12. The molecule has 112 heavy (non-hydrogen) atoms. The Bertz CT molecular complexity index is 3990. The lowest BCUT2D eigenvalue weighted by molar-refractivity contribution is -0.148. The van der Waals surface area contributed by atoms with Crippen LogP contribution >= 0.6 is 0 Å². The van der Waals surface area contributed by atoms with Crippen LogP contribution in [0.25, 0.3) is 10.9 Å². The maximum atomic E-state index is 15.5. The number of unbranched alkanes of at least 4 members (excludes halogenated alkanes) is 1. The zero-order chi connectivity index (χ0) is 81.6. The summed E-state index contributed by atoms with van der Waals surface area (Å²) in [5.74, 6) is -15.2. The number of likely N-dealkylation sites (tertiary alicyclic amines) is 2. The average molecular weight is 1560 g/mol. The predicted molar refractivity (Wildman–Crippen MR) is 401 cm³/mol. The van der Waals surface area contributed by atoms with Crippen LogP contribution in [0.2, 0.25) is 0 Å². The standard InChI is InChI=1S/C72H102N22O18/c1-40(14-8-9-27-92(37-59(99)100)38-60(101)102)83-64(106)53(33-58(97)98)90-62(104)48(20-11-26-79-72(75)76)86-68(110)55-21-12-28-93(55)70(112)56-22-13-29-94(56)69(111)54-36-81-57(96)24-23-49(84-41(2)95)63(105)89-52(32-44-35-77-39-82-44)67(109)87-50(30-42-15-4-3-5-16-42)65(107)85-47(19-10-25-78-71(73)74)61(103)88-51(66(108)91-54)31-43-34-80-46-18-7-6-17-45(43)46/h3-7,15-18,34-35,39-40,47-56,80H,8-14,19-33,36-38H2,1-2H3,(H,77,82)(H,81,96)(H,83,106)(H,84,95)(H,85,107)(H,86,110)(H,87,109)(H,88,103)(H,89,105)(H,90,104)(H,91,108)(H,97,98)(H,99,100)(H,101,102)(H4,73,74,78)(H4,75,76,79)/t40-,47+,48+,49+,50-,51+,52+,53+,54+,55+,56+/m1/s1. The van der Waals surface area contributed by atoms with E-state index in [-0.39, 0.29) is 110 Å². The minimum atomic E-state index is -1.76. The second kappa shape index (κ2) is 43.2. The SMILES string of the molecule is CC(=O)N[C@H]1CCC(=O)NC[C@@H](C(=O)N2CCC[C@H]2C(=O)N2CCC[C@H]2C(=O)N[C@@H](CCCNC(=N)N)C(=O)N[C@@H](CC(=O)O)C(=O)N[C@H](C)CCCCN(CC(=O)O)CC(=O)O)NC(=O)[C@H](Cc2c[nH]c3ccccc23)NC(=O)[C@H](CCCNC(=N)N)NC(=O)[C@@H](Cc2ccccc2)NC(=O)[C@H](Cc2c[nH]cn2)NC1=O. The van der Waals surface area contributed by atoms with E-state index >= 15 is 19.2 Å². The number of benzene rings is 2. The van der Waals surface area contributed by atoms with Gasteiger partial charge in [-0.15, -0.1) is 0 Å². The first-order valence-electron chi connectivity index (χ1n) is 37.1. The number of rotatable bonds is 34. The molecule has 3 fully saturated rings. The van der Waals surface area contributed by atoms with Crippen molar-refractivity contribution in [3.63, 3.8) is 0 Å². The number of para-hydroxylation sites is 1. The lowest BCUT2D eigenvalue weighted by atomic mass is 10.0. The summed E-state index contributed by atoms with van der Waals surface area (Å²) in [5.41, 5.74) is 13.1. The van der Waals surface area contributed by atoms with Crippen molar-refractivity contribution in [2.75, 3.05) is 52.4 Å². The van der Waals surface area contributed by atoms with Gasteiger partial charge in [0.25, 0.3) is 0 Å². The fraction of sp³-hybridized carbons (Fsp3) is 0.528. The van der Waals surface area contributed by atoms with Crippen LogP contribution in [0, 0.1) is 10.8 Å². The zero-order valence-corrected chi connectivity index (χ0v) is 62.4. The predicted octanol–water partition coefficient (Wildman–Crippen LogP) is -4.14. The third-order valence-electron chi connectivity index (χ3n) is 19.1. The number of aliphatic carboxylic acids is 3. The van der Waals surface area contributed by atoms with Crippen molar-refractivity contribution in [2.45, 2.75) is 189 Å². The van der Waals surface area contributed by atoms with Gasteiger partial charge in [-0.2, -0.15) is 0 Å². The molecule has 608 valence electrons. The van der Waals surface area contributed by atoms with Gasteiger partial charge >= 0.3 is 17.9 Å². The Balaban J connectivity index is 1.18. The first-order valence-corrected chi connectivity index (χ1v) is 37.1. The highest BCUT2D eigenvalue weighted by molar-refractivity contribution is 6.00. The molecule has 4 aromatic rings. The highest BCUT2D eigenvalue weighted by Crippen LogP contribution is 2.27. The number of aromatic amines is 2. The van der Waals surface area contributed by atoms with Gasteiger partial charge in [-0.3, -0.25) is 87.6 Å². The maximum Gasteiger partial charge on any atom is 0.317 e. The van der Waals surface area contributed by atoms with Crippen molar-refractivity contribution in [1.29, 1.82) is 10.8 Å². The molecule has 2 aromatic heterocycles. The van der Waals surface area contributed by atoms with Crippen LogP contribution in [0.15, 0.2) is 73.3 Å². The number of nitrogens with one attached hydrogen (secondary N) is 16. The summed E-state index contributed by atoms with van der Waals surface area (Å²) >= 11 is 0. The molecule has 0 bridgehead atoms. The fourth-order valence-electron chi connectivity index (χ4n) is 13.6. The molecule has 23 N–H and O–H groups in total. The number of nitrogens with two attached hydrogens (primary N) is 2. The topological polar surface area (TPSA) is 615 Å². The molecule has 0 saturated carbocycles. The van der Waals surface area contributed by atoms with E-state index in [0.717, 1.165) is 6.92 Å². The number of carboxylic acids is 3. The molecule has 11 atom stereocenters. The molecule has 5 heterocycles. The van der Waals surface area contributed by atoms with Crippen LogP contribution in [0.4, 0.5) is 0 Å². The number of carbonyl (C=O) groups is 15. The number of H-pyrrole nitrogens is 2. The molecule has 2 aromatic carbocycles. The Morgan fingerprint density at radius 1 is 0.625 bits per heavy atom. The first-order chi connectivity index (χ1) is 53.4. The van der Waals surface area contributed by atoms with Gasteiger partial charge in [0, 0.05) is 94.7 Å². The molecular formula is C72H102N22O18. The summed E-state index contributed by atoms with van der Waals surface area (Å²) in [6.07, 6.45) is 3.24. The summed E-state index contributed by atoms with van der Waals surface area (Å²) in [6, 6.07) is -0.139.